The van der Waals surface area contributed by atoms with Crippen LogP contribution in [-0.2, 0) is 79.6 Å². The standard InChI is InChI=1S/C46H51O10P/c1-46(2,3)45(47)55-43-42(51-31-37-23-13-6-14-24-37)41(50-30-36-21-11-5-12-22-36)40(34-49-29-35-19-9-4-10-20-35)54-44(43)56-57(48,52-32-38-25-15-7-16-26-38)53-33-39-27-17-8-18-28-39/h4-28,40-44H,29-34H2,1-3H3/t40?,41-,42?,43-,44-/m0/s1. The second-order valence-electron chi connectivity index (χ2n) is 14.8. The molecule has 5 aromatic carbocycles. The fraction of sp³-hybridized carbons (Fsp3) is 0.326. The van der Waals surface area contributed by atoms with Crippen molar-refractivity contribution >= 4 is 13.8 Å². The molecule has 2 unspecified atom stereocenters. The summed E-state index contributed by atoms with van der Waals surface area (Å²) in [7, 11) is -4.48. The molecule has 0 N–H and O–H groups in total. The molecular weight excluding hydrogens is 743 g/mol. The van der Waals surface area contributed by atoms with Gasteiger partial charge in [0, 0.05) is 0 Å². The van der Waals surface area contributed by atoms with Crippen molar-refractivity contribution < 1.29 is 46.6 Å². The Hall–Kier alpha value is -4.48. The molecule has 0 amide bonds. The predicted octanol–water partition coefficient (Wildman–Crippen LogP) is 9.62. The number of rotatable bonds is 19. The topological polar surface area (TPSA) is 108 Å². The van der Waals surface area contributed by atoms with Crippen molar-refractivity contribution in [3.05, 3.63) is 179 Å². The third kappa shape index (κ3) is 13.0. The molecule has 0 aliphatic carbocycles. The summed E-state index contributed by atoms with van der Waals surface area (Å²) in [5.41, 5.74) is 3.32. The monoisotopic (exact) mass is 794 g/mol. The summed E-state index contributed by atoms with van der Waals surface area (Å²) < 4.78 is 65.8. The summed E-state index contributed by atoms with van der Waals surface area (Å²) in [6.07, 6.45) is -5.50. The van der Waals surface area contributed by atoms with E-state index in [1.54, 1.807) is 20.8 Å². The van der Waals surface area contributed by atoms with E-state index in [1.807, 2.05) is 152 Å². The summed E-state index contributed by atoms with van der Waals surface area (Å²) in [6.45, 7) is 5.70. The van der Waals surface area contributed by atoms with Gasteiger partial charge in [-0.2, -0.15) is 0 Å². The van der Waals surface area contributed by atoms with Gasteiger partial charge in [0.15, 0.2) is 6.10 Å². The lowest BCUT2D eigenvalue weighted by molar-refractivity contribution is -0.307. The van der Waals surface area contributed by atoms with Gasteiger partial charge in [-0.05, 0) is 48.6 Å². The number of phosphoric ester groups is 1. The summed E-state index contributed by atoms with van der Waals surface area (Å²) in [6, 6.07) is 47.6. The van der Waals surface area contributed by atoms with Crippen molar-refractivity contribution in [3.8, 4) is 0 Å². The van der Waals surface area contributed by atoms with Crippen molar-refractivity contribution in [2.24, 2.45) is 5.41 Å². The number of hydrogen-bond donors (Lipinski definition) is 0. The molecule has 1 aliphatic heterocycles. The average Bonchev–Trinajstić information content (AvgIpc) is 3.23. The van der Waals surface area contributed by atoms with Gasteiger partial charge in [0.2, 0.25) is 6.29 Å². The average molecular weight is 795 g/mol. The smallest absolute Gasteiger partial charge is 0.454 e. The third-order valence-electron chi connectivity index (χ3n) is 9.11. The molecule has 0 spiro atoms. The van der Waals surface area contributed by atoms with Crippen LogP contribution in [0.4, 0.5) is 0 Å². The number of benzene rings is 5. The molecule has 0 bridgehead atoms. The van der Waals surface area contributed by atoms with E-state index >= 15 is 0 Å². The van der Waals surface area contributed by atoms with Crippen LogP contribution in [0, 0.1) is 5.41 Å². The quantitative estimate of drug-likeness (QED) is 0.0593. The van der Waals surface area contributed by atoms with Crippen LogP contribution in [0.5, 0.6) is 0 Å². The van der Waals surface area contributed by atoms with Crippen LogP contribution in [0.15, 0.2) is 152 Å². The van der Waals surface area contributed by atoms with E-state index in [2.05, 4.69) is 0 Å². The fourth-order valence-electron chi connectivity index (χ4n) is 6.00. The van der Waals surface area contributed by atoms with Crippen LogP contribution in [0.3, 0.4) is 0 Å². The highest BCUT2D eigenvalue weighted by Crippen LogP contribution is 2.54. The second kappa shape index (κ2) is 20.8. The van der Waals surface area contributed by atoms with Gasteiger partial charge in [-0.25, -0.2) is 4.57 Å². The lowest BCUT2D eigenvalue weighted by Crippen LogP contribution is -2.62. The number of carbonyl (C=O) groups excluding carboxylic acids is 1. The van der Waals surface area contributed by atoms with Gasteiger partial charge in [-0.3, -0.25) is 18.4 Å². The molecular formula is C46H51O10P. The van der Waals surface area contributed by atoms with Crippen molar-refractivity contribution in [1.29, 1.82) is 0 Å². The van der Waals surface area contributed by atoms with E-state index < -0.39 is 49.9 Å². The molecule has 0 radical (unpaired) electrons. The first-order valence-corrected chi connectivity index (χ1v) is 20.6. The minimum absolute atomic E-state index is 0.0272. The SMILES string of the molecule is CC(C)(C)C(=O)O[C@H]1C(OCc2ccccc2)[C@@H](OCc2ccccc2)C(COCc2ccccc2)O[C@H]1OP(=O)(OCc1ccccc1)OCc1ccccc1. The van der Waals surface area contributed by atoms with E-state index in [9.17, 15) is 9.36 Å². The van der Waals surface area contributed by atoms with Crippen LogP contribution in [-0.4, -0.2) is 43.3 Å². The number of phosphoric acid groups is 1. The molecule has 6 rings (SSSR count). The maximum atomic E-state index is 14.8. The molecule has 5 aromatic rings. The maximum absolute atomic E-state index is 14.8. The van der Waals surface area contributed by atoms with E-state index in [0.29, 0.717) is 0 Å². The predicted molar refractivity (Wildman–Crippen MR) is 215 cm³/mol. The molecule has 0 aromatic heterocycles. The van der Waals surface area contributed by atoms with Crippen LogP contribution >= 0.6 is 7.82 Å². The Morgan fingerprint density at radius 3 is 1.35 bits per heavy atom. The Kier molecular flexibility index (Phi) is 15.4. The van der Waals surface area contributed by atoms with E-state index in [0.717, 1.165) is 27.8 Å². The van der Waals surface area contributed by atoms with E-state index in [-0.39, 0.29) is 39.6 Å². The maximum Gasteiger partial charge on any atom is 0.477 e. The molecule has 10 nitrogen and oxygen atoms in total. The Morgan fingerprint density at radius 1 is 0.544 bits per heavy atom. The minimum atomic E-state index is -4.48. The van der Waals surface area contributed by atoms with Crippen LogP contribution in [0.2, 0.25) is 0 Å². The van der Waals surface area contributed by atoms with Gasteiger partial charge in [-0.1, -0.05) is 152 Å². The Bertz CT molecular complexity index is 1910. The molecule has 11 heteroatoms. The number of esters is 1. The largest absolute Gasteiger partial charge is 0.477 e. The number of ether oxygens (including phenoxy) is 5. The molecule has 57 heavy (non-hydrogen) atoms. The highest BCUT2D eigenvalue weighted by molar-refractivity contribution is 7.48. The molecule has 0 saturated carbocycles. The highest BCUT2D eigenvalue weighted by atomic mass is 31.2. The zero-order chi connectivity index (χ0) is 39.9. The normalized spacial score (nSPS) is 19.9. The molecule has 1 fully saturated rings. The first kappa shape index (κ1) is 42.1. The Morgan fingerprint density at radius 2 is 0.930 bits per heavy atom. The Balaban J connectivity index is 1.37. The molecule has 1 heterocycles. The first-order valence-electron chi connectivity index (χ1n) is 19.1. The van der Waals surface area contributed by atoms with Crippen LogP contribution < -0.4 is 0 Å². The summed E-state index contributed by atoms with van der Waals surface area (Å²) in [4.78, 5) is 13.8. The molecule has 1 saturated heterocycles. The summed E-state index contributed by atoms with van der Waals surface area (Å²) in [5.74, 6) is -0.552. The van der Waals surface area contributed by atoms with Gasteiger partial charge in [-0.15, -0.1) is 0 Å². The molecule has 300 valence electrons. The molecule has 5 atom stereocenters. The van der Waals surface area contributed by atoms with Crippen molar-refractivity contribution in [1.82, 2.24) is 0 Å². The summed E-state index contributed by atoms with van der Waals surface area (Å²) in [5, 5.41) is 0. The first-order chi connectivity index (χ1) is 27.6. The number of carbonyl (C=O) groups is 1. The van der Waals surface area contributed by atoms with Gasteiger partial charge in [0.25, 0.3) is 0 Å². The minimum Gasteiger partial charge on any atom is -0.454 e. The zero-order valence-corrected chi connectivity index (χ0v) is 33.5. The second-order valence-corrected chi connectivity index (χ2v) is 16.4. The van der Waals surface area contributed by atoms with Crippen LogP contribution in [0.25, 0.3) is 0 Å². The number of hydrogen-bond acceptors (Lipinski definition) is 10. The third-order valence-corrected chi connectivity index (χ3v) is 10.5. The van der Waals surface area contributed by atoms with Crippen molar-refractivity contribution in [2.75, 3.05) is 6.61 Å². The lowest BCUT2D eigenvalue weighted by atomic mass is 9.95. The highest BCUT2D eigenvalue weighted by Gasteiger charge is 2.53. The van der Waals surface area contributed by atoms with Gasteiger partial charge in [0.05, 0.1) is 45.1 Å². The fourth-order valence-corrected chi connectivity index (χ4v) is 7.23. The van der Waals surface area contributed by atoms with Gasteiger partial charge < -0.3 is 23.7 Å². The van der Waals surface area contributed by atoms with E-state index in [1.165, 1.54) is 0 Å². The lowest BCUT2D eigenvalue weighted by Gasteiger charge is -2.46. The van der Waals surface area contributed by atoms with Crippen LogP contribution in [0.1, 0.15) is 48.6 Å². The molecule has 1 aliphatic rings. The van der Waals surface area contributed by atoms with Gasteiger partial charge >= 0.3 is 13.8 Å². The van der Waals surface area contributed by atoms with Crippen molar-refractivity contribution in [3.63, 3.8) is 0 Å². The Labute approximate surface area is 335 Å². The zero-order valence-electron chi connectivity index (χ0n) is 32.6. The van der Waals surface area contributed by atoms with E-state index in [4.69, 9.17) is 37.3 Å². The van der Waals surface area contributed by atoms with Crippen molar-refractivity contribution in [2.45, 2.75) is 84.5 Å². The summed E-state index contributed by atoms with van der Waals surface area (Å²) >= 11 is 0. The van der Waals surface area contributed by atoms with Gasteiger partial charge in [0.1, 0.15) is 18.3 Å².